The van der Waals surface area contributed by atoms with Crippen molar-refractivity contribution in [2.75, 3.05) is 34.7 Å². The van der Waals surface area contributed by atoms with Crippen molar-refractivity contribution in [1.29, 1.82) is 0 Å². The van der Waals surface area contributed by atoms with Crippen molar-refractivity contribution in [3.8, 4) is 0 Å². The van der Waals surface area contributed by atoms with Crippen LogP contribution in [-0.4, -0.2) is 51.8 Å². The Balaban J connectivity index is 0.000000677. The molecule has 0 aliphatic heterocycles. The van der Waals surface area contributed by atoms with E-state index in [0.29, 0.717) is 6.04 Å². The molecule has 4 atom stereocenters. The SMILES string of the molecule is CCCNC1CCCC2CCCC(NN(C)C)C21.CNC. The molecule has 0 saturated heterocycles. The minimum atomic E-state index is 0.688. The summed E-state index contributed by atoms with van der Waals surface area (Å²) >= 11 is 0. The van der Waals surface area contributed by atoms with Crippen LogP contribution in [0.4, 0.5) is 0 Å². The van der Waals surface area contributed by atoms with Crippen molar-refractivity contribution in [2.45, 2.75) is 64.0 Å². The van der Waals surface area contributed by atoms with Crippen LogP contribution >= 0.6 is 0 Å². The summed E-state index contributed by atoms with van der Waals surface area (Å²) in [6.07, 6.45) is 9.74. The molecule has 0 aromatic heterocycles. The van der Waals surface area contributed by atoms with E-state index in [1.54, 1.807) is 0 Å². The van der Waals surface area contributed by atoms with E-state index in [1.165, 1.54) is 51.5 Å². The highest BCUT2D eigenvalue weighted by molar-refractivity contribution is 4.95. The molecular formula is C17H38N4. The molecule has 0 radical (unpaired) electrons. The Kier molecular flexibility index (Phi) is 9.49. The van der Waals surface area contributed by atoms with Crippen LogP contribution < -0.4 is 16.1 Å². The first-order valence-corrected chi connectivity index (χ1v) is 8.89. The third kappa shape index (κ3) is 6.23. The number of hydrogen-bond donors (Lipinski definition) is 3. The predicted octanol–water partition coefficient (Wildman–Crippen LogP) is 2.23. The standard InChI is InChI=1S/C15H31N3.C2H7N/c1-4-11-16-13-9-5-7-12-8-6-10-14(15(12)13)17-18(2)3;1-3-2/h12-17H,4-11H2,1-3H3;3H,1-2H3. The molecule has 21 heavy (non-hydrogen) atoms. The zero-order chi connectivity index (χ0) is 15.7. The van der Waals surface area contributed by atoms with Crippen molar-refractivity contribution in [2.24, 2.45) is 11.8 Å². The number of rotatable bonds is 5. The summed E-state index contributed by atoms with van der Waals surface area (Å²) in [5.41, 5.74) is 3.68. The first kappa shape index (κ1) is 18.9. The first-order chi connectivity index (χ1) is 10.1. The van der Waals surface area contributed by atoms with Gasteiger partial charge in [-0.3, -0.25) is 10.4 Å². The Hall–Kier alpha value is -0.160. The summed E-state index contributed by atoms with van der Waals surface area (Å²) in [7, 11) is 8.00. The number of nitrogens with zero attached hydrogens (tertiary/aromatic N) is 1. The molecule has 4 nitrogen and oxygen atoms in total. The minimum Gasteiger partial charge on any atom is -0.323 e. The number of fused-ring (bicyclic) bond motifs is 1. The summed E-state index contributed by atoms with van der Waals surface area (Å²) < 4.78 is 0. The van der Waals surface area contributed by atoms with Gasteiger partial charge in [0, 0.05) is 26.2 Å². The van der Waals surface area contributed by atoms with Gasteiger partial charge < -0.3 is 10.6 Å². The predicted molar refractivity (Wildman–Crippen MR) is 92.4 cm³/mol. The van der Waals surface area contributed by atoms with Crippen molar-refractivity contribution < 1.29 is 0 Å². The summed E-state index contributed by atoms with van der Waals surface area (Å²) in [6, 6.07) is 1.44. The largest absolute Gasteiger partial charge is 0.323 e. The molecule has 0 aromatic carbocycles. The Morgan fingerprint density at radius 1 is 0.952 bits per heavy atom. The normalized spacial score (nSPS) is 32.3. The van der Waals surface area contributed by atoms with Crippen molar-refractivity contribution in [1.82, 2.24) is 21.1 Å². The summed E-state index contributed by atoms with van der Waals surface area (Å²) in [6.45, 7) is 3.45. The molecule has 4 unspecified atom stereocenters. The molecule has 3 N–H and O–H groups in total. The zero-order valence-corrected chi connectivity index (χ0v) is 14.9. The lowest BCUT2D eigenvalue weighted by Crippen LogP contribution is -2.56. The fraction of sp³-hybridized carbons (Fsp3) is 1.00. The van der Waals surface area contributed by atoms with Gasteiger partial charge in [-0.1, -0.05) is 32.6 Å². The maximum absolute atomic E-state index is 3.82. The lowest BCUT2D eigenvalue weighted by atomic mass is 9.66. The fourth-order valence-corrected chi connectivity index (χ4v) is 4.10. The monoisotopic (exact) mass is 298 g/mol. The van der Waals surface area contributed by atoms with Crippen LogP contribution in [0.15, 0.2) is 0 Å². The van der Waals surface area contributed by atoms with E-state index >= 15 is 0 Å². The topological polar surface area (TPSA) is 39.3 Å². The van der Waals surface area contributed by atoms with Crippen LogP contribution in [0.1, 0.15) is 51.9 Å². The van der Waals surface area contributed by atoms with E-state index in [2.05, 4.69) is 42.1 Å². The number of hydrogen-bond acceptors (Lipinski definition) is 4. The van der Waals surface area contributed by atoms with Gasteiger partial charge >= 0.3 is 0 Å². The molecule has 2 rings (SSSR count). The average molecular weight is 299 g/mol. The van der Waals surface area contributed by atoms with E-state index in [-0.39, 0.29) is 0 Å². The molecule has 2 aliphatic rings. The van der Waals surface area contributed by atoms with E-state index in [4.69, 9.17) is 0 Å². The quantitative estimate of drug-likeness (QED) is 0.681. The van der Waals surface area contributed by atoms with Crippen LogP contribution in [0.3, 0.4) is 0 Å². The van der Waals surface area contributed by atoms with Gasteiger partial charge in [0.2, 0.25) is 0 Å². The van der Waals surface area contributed by atoms with Gasteiger partial charge in [-0.05, 0) is 51.7 Å². The molecule has 2 saturated carbocycles. The molecule has 4 heteroatoms. The van der Waals surface area contributed by atoms with Crippen molar-refractivity contribution in [3.05, 3.63) is 0 Å². The third-order valence-electron chi connectivity index (χ3n) is 4.73. The van der Waals surface area contributed by atoms with Gasteiger partial charge in [0.1, 0.15) is 0 Å². The Morgan fingerprint density at radius 2 is 1.52 bits per heavy atom. The highest BCUT2D eigenvalue weighted by Gasteiger charge is 2.40. The van der Waals surface area contributed by atoms with Gasteiger partial charge in [-0.25, -0.2) is 0 Å². The minimum absolute atomic E-state index is 0.688. The van der Waals surface area contributed by atoms with Crippen LogP contribution in [0.2, 0.25) is 0 Å². The second-order valence-electron chi connectivity index (χ2n) is 6.89. The molecule has 0 heterocycles. The molecule has 0 spiro atoms. The Labute approximate surface area is 132 Å². The van der Waals surface area contributed by atoms with Gasteiger partial charge in [0.05, 0.1) is 0 Å². The lowest BCUT2D eigenvalue weighted by molar-refractivity contribution is 0.0557. The Bertz CT molecular complexity index is 255. The summed E-state index contributed by atoms with van der Waals surface area (Å²) in [5.74, 6) is 1.81. The average Bonchev–Trinajstić information content (AvgIpc) is 2.45. The van der Waals surface area contributed by atoms with Crippen LogP contribution in [0.25, 0.3) is 0 Å². The lowest BCUT2D eigenvalue weighted by Gasteiger charge is -2.47. The number of nitrogens with one attached hydrogen (secondary N) is 3. The fourth-order valence-electron chi connectivity index (χ4n) is 4.10. The zero-order valence-electron chi connectivity index (χ0n) is 14.9. The summed E-state index contributed by atoms with van der Waals surface area (Å²) in [4.78, 5) is 0. The molecule has 126 valence electrons. The van der Waals surface area contributed by atoms with E-state index in [9.17, 15) is 0 Å². The van der Waals surface area contributed by atoms with Crippen LogP contribution in [0, 0.1) is 11.8 Å². The highest BCUT2D eigenvalue weighted by atomic mass is 15.5. The van der Waals surface area contributed by atoms with E-state index in [1.807, 2.05) is 14.1 Å². The van der Waals surface area contributed by atoms with Crippen molar-refractivity contribution >= 4 is 0 Å². The molecule has 0 bridgehead atoms. The van der Waals surface area contributed by atoms with Gasteiger partial charge in [-0.15, -0.1) is 0 Å². The van der Waals surface area contributed by atoms with Gasteiger partial charge in [-0.2, -0.15) is 0 Å². The van der Waals surface area contributed by atoms with Crippen LogP contribution in [0.5, 0.6) is 0 Å². The maximum atomic E-state index is 3.82. The smallest absolute Gasteiger partial charge is 0.0260 e. The second kappa shape index (κ2) is 10.5. The van der Waals surface area contributed by atoms with Crippen molar-refractivity contribution in [3.63, 3.8) is 0 Å². The molecule has 0 aromatic rings. The van der Waals surface area contributed by atoms with E-state index < -0.39 is 0 Å². The first-order valence-electron chi connectivity index (χ1n) is 8.89. The molecule has 2 aliphatic carbocycles. The molecule has 2 fully saturated rings. The number of hydrazine groups is 1. The third-order valence-corrected chi connectivity index (χ3v) is 4.73. The molecular weight excluding hydrogens is 260 g/mol. The second-order valence-corrected chi connectivity index (χ2v) is 6.89. The van der Waals surface area contributed by atoms with Gasteiger partial charge in [0.15, 0.2) is 0 Å². The molecule has 0 amide bonds. The van der Waals surface area contributed by atoms with Gasteiger partial charge in [0.25, 0.3) is 0 Å². The van der Waals surface area contributed by atoms with E-state index in [0.717, 1.165) is 17.9 Å². The van der Waals surface area contributed by atoms with Crippen LogP contribution in [-0.2, 0) is 0 Å². The Morgan fingerprint density at radius 3 is 2.05 bits per heavy atom. The maximum Gasteiger partial charge on any atom is 0.0260 e. The summed E-state index contributed by atoms with van der Waals surface area (Å²) in [5, 5.41) is 8.72. The highest BCUT2D eigenvalue weighted by Crippen LogP contribution is 2.40.